The van der Waals surface area contributed by atoms with Crippen molar-refractivity contribution in [2.75, 3.05) is 26.7 Å². The standard InChI is InChI=1S/C17H21F3N2O/c1-12(14-4-3-5-15(9-14)17(18,19)20)8-16(23)22-7-6-13(11-22)10-21-2/h3-5,8-9,13,21H,6-7,10-11H2,1-2H3/b12-8+. The molecule has 0 saturated carbocycles. The van der Waals surface area contributed by atoms with Crippen LogP contribution < -0.4 is 5.32 Å². The maximum absolute atomic E-state index is 12.8. The number of allylic oxidation sites excluding steroid dienone is 1. The van der Waals surface area contributed by atoms with Crippen molar-refractivity contribution >= 4 is 11.5 Å². The van der Waals surface area contributed by atoms with Gasteiger partial charge in [-0.1, -0.05) is 12.1 Å². The van der Waals surface area contributed by atoms with E-state index in [-0.39, 0.29) is 5.91 Å². The Morgan fingerprint density at radius 3 is 2.83 bits per heavy atom. The largest absolute Gasteiger partial charge is 0.416 e. The average Bonchev–Trinajstić information content (AvgIpc) is 2.95. The summed E-state index contributed by atoms with van der Waals surface area (Å²) in [5.41, 5.74) is 0.253. The van der Waals surface area contributed by atoms with Gasteiger partial charge in [0.25, 0.3) is 0 Å². The number of hydrogen-bond acceptors (Lipinski definition) is 2. The third-order valence-corrected chi connectivity index (χ3v) is 4.08. The molecule has 1 amide bonds. The second kappa shape index (κ2) is 7.17. The Kier molecular flexibility index (Phi) is 5.46. The molecular formula is C17H21F3N2O. The maximum atomic E-state index is 12.8. The lowest BCUT2D eigenvalue weighted by molar-refractivity contribution is -0.137. The molecule has 0 spiro atoms. The summed E-state index contributed by atoms with van der Waals surface area (Å²) in [5.74, 6) is 0.296. The molecule has 1 saturated heterocycles. The van der Waals surface area contributed by atoms with Gasteiger partial charge < -0.3 is 10.2 Å². The number of likely N-dealkylation sites (tertiary alicyclic amines) is 1. The third kappa shape index (κ3) is 4.58. The summed E-state index contributed by atoms with van der Waals surface area (Å²) in [7, 11) is 1.88. The number of halogens is 3. The van der Waals surface area contributed by atoms with Crippen LogP contribution in [0.2, 0.25) is 0 Å². The topological polar surface area (TPSA) is 32.3 Å². The smallest absolute Gasteiger partial charge is 0.339 e. The Morgan fingerprint density at radius 1 is 1.43 bits per heavy atom. The number of nitrogens with zero attached hydrogens (tertiary/aromatic N) is 1. The molecule has 3 nitrogen and oxygen atoms in total. The number of rotatable bonds is 4. The average molecular weight is 326 g/mol. The fourth-order valence-electron chi connectivity index (χ4n) is 2.79. The molecule has 1 unspecified atom stereocenters. The molecule has 1 fully saturated rings. The number of hydrogen-bond donors (Lipinski definition) is 1. The Labute approximate surface area is 134 Å². The van der Waals surface area contributed by atoms with Crippen molar-refractivity contribution in [3.63, 3.8) is 0 Å². The predicted molar refractivity (Wildman–Crippen MR) is 83.7 cm³/mol. The Morgan fingerprint density at radius 2 is 2.17 bits per heavy atom. The first-order valence-electron chi connectivity index (χ1n) is 7.60. The van der Waals surface area contributed by atoms with Crippen LogP contribution in [0.1, 0.15) is 24.5 Å². The van der Waals surface area contributed by atoms with Gasteiger partial charge in [-0.2, -0.15) is 13.2 Å². The van der Waals surface area contributed by atoms with E-state index in [1.807, 2.05) is 7.05 Å². The molecule has 23 heavy (non-hydrogen) atoms. The molecule has 6 heteroatoms. The van der Waals surface area contributed by atoms with Crippen molar-refractivity contribution in [3.8, 4) is 0 Å². The highest BCUT2D eigenvalue weighted by atomic mass is 19.4. The molecule has 1 heterocycles. The van der Waals surface area contributed by atoms with Gasteiger partial charge in [0.15, 0.2) is 0 Å². The van der Waals surface area contributed by atoms with E-state index in [2.05, 4.69) is 5.32 Å². The number of amides is 1. The molecule has 0 bridgehead atoms. The van der Waals surface area contributed by atoms with E-state index in [0.717, 1.165) is 25.1 Å². The van der Waals surface area contributed by atoms with Crippen LogP contribution >= 0.6 is 0 Å². The zero-order chi connectivity index (χ0) is 17.0. The molecule has 1 aliphatic heterocycles. The lowest BCUT2D eigenvalue weighted by Crippen LogP contribution is -2.29. The van der Waals surface area contributed by atoms with Crippen molar-refractivity contribution in [3.05, 3.63) is 41.5 Å². The second-order valence-electron chi connectivity index (χ2n) is 5.90. The molecule has 1 aliphatic rings. The van der Waals surface area contributed by atoms with E-state index in [9.17, 15) is 18.0 Å². The van der Waals surface area contributed by atoms with Gasteiger partial charge in [0.05, 0.1) is 5.56 Å². The molecular weight excluding hydrogens is 305 g/mol. The Balaban J connectivity index is 2.09. The zero-order valence-electron chi connectivity index (χ0n) is 13.3. The fourth-order valence-corrected chi connectivity index (χ4v) is 2.79. The summed E-state index contributed by atoms with van der Waals surface area (Å²) in [4.78, 5) is 14.0. The van der Waals surface area contributed by atoms with Crippen LogP contribution in [-0.4, -0.2) is 37.5 Å². The van der Waals surface area contributed by atoms with Gasteiger partial charge in [-0.15, -0.1) is 0 Å². The monoisotopic (exact) mass is 326 g/mol. The number of benzene rings is 1. The Hall–Kier alpha value is -1.82. The Bertz CT molecular complexity index is 596. The first-order chi connectivity index (χ1) is 10.8. The minimum atomic E-state index is -4.38. The van der Waals surface area contributed by atoms with Crippen LogP contribution in [0.3, 0.4) is 0 Å². The van der Waals surface area contributed by atoms with Crippen molar-refractivity contribution in [2.45, 2.75) is 19.5 Å². The number of carbonyl (C=O) groups excluding carboxylic acids is 1. The van der Waals surface area contributed by atoms with E-state index in [1.165, 1.54) is 12.1 Å². The number of carbonyl (C=O) groups is 1. The van der Waals surface area contributed by atoms with Crippen molar-refractivity contribution in [2.24, 2.45) is 5.92 Å². The lowest BCUT2D eigenvalue weighted by atomic mass is 10.0. The minimum absolute atomic E-state index is 0.140. The minimum Gasteiger partial charge on any atom is -0.339 e. The van der Waals surface area contributed by atoms with Crippen molar-refractivity contribution in [1.29, 1.82) is 0 Å². The summed E-state index contributed by atoms with van der Waals surface area (Å²) in [6.07, 6.45) is -2.00. The molecule has 0 aliphatic carbocycles. The summed E-state index contributed by atoms with van der Waals surface area (Å²) in [6.45, 7) is 3.90. The molecule has 1 aromatic rings. The molecule has 2 rings (SSSR count). The van der Waals surface area contributed by atoms with Crippen LogP contribution in [0.15, 0.2) is 30.3 Å². The van der Waals surface area contributed by atoms with Crippen molar-refractivity contribution < 1.29 is 18.0 Å². The third-order valence-electron chi connectivity index (χ3n) is 4.08. The van der Waals surface area contributed by atoms with Gasteiger partial charge in [-0.05, 0) is 56.1 Å². The van der Waals surface area contributed by atoms with E-state index in [1.54, 1.807) is 17.9 Å². The fraction of sp³-hybridized carbons (Fsp3) is 0.471. The number of nitrogens with one attached hydrogen (secondary N) is 1. The number of alkyl halides is 3. The molecule has 126 valence electrons. The highest BCUT2D eigenvalue weighted by molar-refractivity contribution is 5.95. The van der Waals surface area contributed by atoms with Gasteiger partial charge in [-0.25, -0.2) is 0 Å². The van der Waals surface area contributed by atoms with E-state index in [0.29, 0.717) is 30.1 Å². The summed E-state index contributed by atoms with van der Waals surface area (Å²) in [6, 6.07) is 5.05. The predicted octanol–water partition coefficient (Wildman–Crippen LogP) is 3.18. The van der Waals surface area contributed by atoms with E-state index in [4.69, 9.17) is 0 Å². The first-order valence-corrected chi connectivity index (χ1v) is 7.60. The molecule has 1 N–H and O–H groups in total. The maximum Gasteiger partial charge on any atom is 0.416 e. The first kappa shape index (κ1) is 17.5. The second-order valence-corrected chi connectivity index (χ2v) is 5.90. The van der Waals surface area contributed by atoms with Crippen LogP contribution in [0.5, 0.6) is 0 Å². The summed E-state index contributed by atoms with van der Waals surface area (Å²) in [5, 5.41) is 3.10. The van der Waals surface area contributed by atoms with E-state index >= 15 is 0 Å². The van der Waals surface area contributed by atoms with Gasteiger partial charge >= 0.3 is 6.18 Å². The van der Waals surface area contributed by atoms with Crippen LogP contribution in [0, 0.1) is 5.92 Å². The SMILES string of the molecule is CNCC1CCN(C(=O)/C=C(\C)c2cccc(C(F)(F)F)c2)C1. The van der Waals surface area contributed by atoms with E-state index < -0.39 is 11.7 Å². The molecule has 0 aromatic heterocycles. The van der Waals surface area contributed by atoms with Crippen LogP contribution in [-0.2, 0) is 11.0 Å². The summed E-state index contributed by atoms with van der Waals surface area (Å²) < 4.78 is 38.3. The molecule has 1 aromatic carbocycles. The van der Waals surface area contributed by atoms with Gasteiger partial charge in [-0.3, -0.25) is 4.79 Å². The van der Waals surface area contributed by atoms with Gasteiger partial charge in [0.1, 0.15) is 0 Å². The zero-order valence-corrected chi connectivity index (χ0v) is 13.3. The molecule has 0 radical (unpaired) electrons. The van der Waals surface area contributed by atoms with Crippen molar-refractivity contribution in [1.82, 2.24) is 10.2 Å². The highest BCUT2D eigenvalue weighted by Crippen LogP contribution is 2.31. The van der Waals surface area contributed by atoms with Gasteiger partial charge in [0, 0.05) is 19.2 Å². The van der Waals surface area contributed by atoms with Gasteiger partial charge in [0.2, 0.25) is 5.91 Å². The lowest BCUT2D eigenvalue weighted by Gasteiger charge is -2.15. The summed E-state index contributed by atoms with van der Waals surface area (Å²) >= 11 is 0. The highest BCUT2D eigenvalue weighted by Gasteiger charge is 2.30. The van der Waals surface area contributed by atoms with Crippen LogP contribution in [0.4, 0.5) is 13.2 Å². The quantitative estimate of drug-likeness (QED) is 0.862. The molecule has 1 atom stereocenters. The normalized spacial score (nSPS) is 19.3. The van der Waals surface area contributed by atoms with Crippen LogP contribution in [0.25, 0.3) is 5.57 Å².